The summed E-state index contributed by atoms with van der Waals surface area (Å²) in [7, 11) is 2.97. The van der Waals surface area contributed by atoms with Crippen LogP contribution in [0.2, 0.25) is 0 Å². The largest absolute Gasteiger partial charge is 0.144 e. The number of aryl methyl sites for hydroxylation is 1. The summed E-state index contributed by atoms with van der Waals surface area (Å²) in [6, 6.07) is 53.8. The van der Waals surface area contributed by atoms with Crippen LogP contribution in [0.25, 0.3) is 54.9 Å². The maximum absolute atomic E-state index is 2.97. The van der Waals surface area contributed by atoms with Crippen LogP contribution < -0.4 is 0 Å². The van der Waals surface area contributed by atoms with Crippen molar-refractivity contribution in [3.05, 3.63) is 172 Å². The Morgan fingerprint density at radius 3 is 1.33 bits per heavy atom. The fourth-order valence-electron chi connectivity index (χ4n) is 5.16. The number of hydrogen-bond donors (Lipinski definition) is 0. The fraction of sp³-hybridized carbons (Fsp3) is 0.0256. The Balaban J connectivity index is 0.000000383. The van der Waals surface area contributed by atoms with Crippen molar-refractivity contribution in [3.8, 4) is 33.4 Å². The number of benzene rings is 5. The Morgan fingerprint density at radius 2 is 0.860 bits per heavy atom. The second-order valence-electron chi connectivity index (χ2n) is 9.49. The standard InChI is InChI=1S/C21H15.C16H13.2CH3.2ClH.Si.Ti/c1-3-8-16(9-4-1)19-14-18-12-7-13-20(21(18)15-19)17-10-5-2-6-11-17;1-12-10-14-8-5-9-15(16(14)11-12)13-6-3-2-4-7-13;;;;;;/h1-15H;2-11H,1H3;2*1H3;2*1H;;/q4*-1;;;;. The molecule has 218 valence electrons. The SMILES string of the molecule is Cc1cc2c(-c3ccccc3)cccc2[cH-]1.Cl.Cl.[CH3-].[CH3-].[Si]=[Ti].c1ccc(-c2cc3c(-c4ccccc4)cccc3[cH-]2)cc1. The predicted molar refractivity (Wildman–Crippen MR) is 193 cm³/mol. The van der Waals surface area contributed by atoms with Gasteiger partial charge in [-0.1, -0.05) is 133 Å². The molecule has 7 rings (SSSR count). The first-order valence-electron chi connectivity index (χ1n) is 13.0. The third-order valence-electron chi connectivity index (χ3n) is 6.92. The summed E-state index contributed by atoms with van der Waals surface area (Å²) >= 11 is 1.81. The zero-order valence-corrected chi connectivity index (χ0v) is 28.9. The van der Waals surface area contributed by atoms with Gasteiger partial charge in [0.05, 0.1) is 0 Å². The van der Waals surface area contributed by atoms with Gasteiger partial charge >= 0.3 is 26.8 Å². The van der Waals surface area contributed by atoms with E-state index in [4.69, 9.17) is 0 Å². The molecule has 0 atom stereocenters. The molecule has 0 saturated heterocycles. The molecule has 0 spiro atoms. The van der Waals surface area contributed by atoms with Crippen LogP contribution in [0.1, 0.15) is 5.56 Å². The summed E-state index contributed by atoms with van der Waals surface area (Å²) in [6.45, 7) is 2.15. The molecule has 0 nitrogen and oxygen atoms in total. The first-order chi connectivity index (χ1) is 19.3. The van der Waals surface area contributed by atoms with E-state index in [0.717, 1.165) is 0 Å². The van der Waals surface area contributed by atoms with Crippen molar-refractivity contribution in [1.29, 1.82) is 0 Å². The molecular weight excluding hydrogens is 615 g/mol. The average Bonchev–Trinajstić information content (AvgIpc) is 3.63. The molecule has 0 amide bonds. The maximum Gasteiger partial charge on any atom is -0.0259 e. The van der Waals surface area contributed by atoms with E-state index in [1.54, 1.807) is 19.2 Å². The molecule has 0 unspecified atom stereocenters. The summed E-state index contributed by atoms with van der Waals surface area (Å²) in [4.78, 5) is 0. The normalized spacial score (nSPS) is 9.40. The first kappa shape index (κ1) is 37.9. The zero-order valence-electron chi connectivity index (χ0n) is 24.8. The zero-order chi connectivity index (χ0) is 27.0. The van der Waals surface area contributed by atoms with Crippen LogP contribution >= 0.6 is 24.8 Å². The molecule has 2 radical (unpaired) electrons. The fourth-order valence-corrected chi connectivity index (χ4v) is 5.16. The molecule has 7 aromatic carbocycles. The van der Waals surface area contributed by atoms with E-state index in [1.165, 1.54) is 60.5 Å². The van der Waals surface area contributed by atoms with Gasteiger partial charge in [0.15, 0.2) is 0 Å². The van der Waals surface area contributed by atoms with Crippen molar-refractivity contribution >= 4 is 54.0 Å². The Bertz CT molecular complexity index is 1790. The van der Waals surface area contributed by atoms with Crippen molar-refractivity contribution in [1.82, 2.24) is 0 Å². The van der Waals surface area contributed by atoms with Crippen molar-refractivity contribution in [2.75, 3.05) is 0 Å². The van der Waals surface area contributed by atoms with Gasteiger partial charge in [0.1, 0.15) is 0 Å². The predicted octanol–water partition coefficient (Wildman–Crippen LogP) is 11.8. The topological polar surface area (TPSA) is 0 Å². The molecule has 0 aliphatic rings. The molecule has 0 aromatic heterocycles. The summed E-state index contributed by atoms with van der Waals surface area (Å²) in [6.07, 6.45) is 0. The van der Waals surface area contributed by atoms with Crippen LogP contribution in [-0.2, 0) is 19.2 Å². The van der Waals surface area contributed by atoms with E-state index < -0.39 is 0 Å². The summed E-state index contributed by atoms with van der Waals surface area (Å²) in [5.41, 5.74) is 9.08. The van der Waals surface area contributed by atoms with Crippen LogP contribution in [0, 0.1) is 21.8 Å². The Labute approximate surface area is 283 Å². The molecule has 0 bridgehead atoms. The molecule has 0 fully saturated rings. The minimum atomic E-state index is 0. The second-order valence-corrected chi connectivity index (χ2v) is 9.49. The van der Waals surface area contributed by atoms with Crippen LogP contribution in [0.5, 0.6) is 0 Å². The molecule has 7 aromatic rings. The van der Waals surface area contributed by atoms with Crippen molar-refractivity contribution in [2.24, 2.45) is 0 Å². The summed E-state index contributed by atoms with van der Waals surface area (Å²) in [5, 5.41) is 5.31. The molecule has 43 heavy (non-hydrogen) atoms. The molecule has 0 N–H and O–H groups in total. The van der Waals surface area contributed by atoms with E-state index in [2.05, 4.69) is 166 Å². The number of halogens is 2. The quantitative estimate of drug-likeness (QED) is 0.132. The third-order valence-corrected chi connectivity index (χ3v) is 6.92. The maximum atomic E-state index is 2.97. The van der Waals surface area contributed by atoms with E-state index in [9.17, 15) is 0 Å². The van der Waals surface area contributed by atoms with E-state index >= 15 is 0 Å². The number of fused-ring (bicyclic) bond motifs is 2. The van der Waals surface area contributed by atoms with Gasteiger partial charge in [-0.3, -0.25) is 0 Å². The monoisotopic (exact) mass is 650 g/mol. The molecule has 4 heteroatoms. The average molecular weight is 652 g/mol. The Kier molecular flexibility index (Phi) is 16.3. The van der Waals surface area contributed by atoms with Gasteiger partial charge in [0, 0.05) is 0 Å². The molecule has 0 aliphatic carbocycles. The second kappa shape index (κ2) is 18.5. The van der Waals surface area contributed by atoms with Gasteiger partial charge in [-0.25, -0.2) is 0 Å². The Hall–Kier alpha value is -3.17. The van der Waals surface area contributed by atoms with Crippen molar-refractivity contribution < 1.29 is 19.2 Å². The van der Waals surface area contributed by atoms with Crippen LogP contribution in [0.15, 0.2) is 152 Å². The van der Waals surface area contributed by atoms with Gasteiger partial charge in [-0.05, 0) is 11.1 Å². The van der Waals surface area contributed by atoms with E-state index in [1.807, 2.05) is 0 Å². The van der Waals surface area contributed by atoms with Crippen LogP contribution in [0.4, 0.5) is 0 Å². The minimum absolute atomic E-state index is 0. The van der Waals surface area contributed by atoms with E-state index in [-0.39, 0.29) is 39.7 Å². The molecule has 0 aliphatic heterocycles. The third kappa shape index (κ3) is 8.92. The summed E-state index contributed by atoms with van der Waals surface area (Å²) in [5.74, 6) is 0. The molecule has 0 heterocycles. The Morgan fingerprint density at radius 1 is 0.465 bits per heavy atom. The minimum Gasteiger partial charge on any atom is -0.144 e. The summed E-state index contributed by atoms with van der Waals surface area (Å²) < 4.78 is 0. The number of rotatable bonds is 3. The van der Waals surface area contributed by atoms with Crippen LogP contribution in [0.3, 0.4) is 0 Å². The molecular formula is C39H36Cl2SiTi-4. The van der Waals surface area contributed by atoms with E-state index in [0.29, 0.717) is 0 Å². The van der Waals surface area contributed by atoms with Crippen molar-refractivity contribution in [2.45, 2.75) is 6.92 Å². The van der Waals surface area contributed by atoms with Gasteiger partial charge in [0.25, 0.3) is 0 Å². The van der Waals surface area contributed by atoms with Gasteiger partial charge < -0.3 is 14.9 Å². The van der Waals surface area contributed by atoms with Gasteiger partial charge in [-0.2, -0.15) is 6.07 Å². The number of hydrogen-bond acceptors (Lipinski definition) is 0. The smallest absolute Gasteiger partial charge is 0.0259 e. The van der Waals surface area contributed by atoms with Gasteiger partial charge in [0.2, 0.25) is 0 Å². The van der Waals surface area contributed by atoms with Gasteiger partial charge in [-0.15, -0.1) is 93.9 Å². The van der Waals surface area contributed by atoms with Crippen LogP contribution in [-0.4, -0.2) is 7.63 Å². The van der Waals surface area contributed by atoms with Crippen molar-refractivity contribution in [3.63, 3.8) is 0 Å². The first-order valence-corrected chi connectivity index (χ1v) is 15.9. The molecule has 0 saturated carbocycles.